The van der Waals surface area contributed by atoms with Crippen LogP contribution in [0, 0.1) is 0 Å². The van der Waals surface area contributed by atoms with Gasteiger partial charge in [0.2, 0.25) is 5.91 Å². The zero-order chi connectivity index (χ0) is 23.1. The highest BCUT2D eigenvalue weighted by Gasteiger charge is 2.29. The monoisotopic (exact) mass is 478 g/mol. The molecule has 0 unspecified atom stereocenters. The normalized spacial score (nSPS) is 14.6. The zero-order valence-corrected chi connectivity index (χ0v) is 19.8. The van der Waals surface area contributed by atoms with E-state index in [1.54, 1.807) is 43.3 Å². The lowest BCUT2D eigenvalue weighted by molar-refractivity contribution is -0.142. The first-order chi connectivity index (χ1) is 15.4. The van der Waals surface area contributed by atoms with Crippen molar-refractivity contribution >= 4 is 35.0 Å². The number of halogens is 2. The van der Waals surface area contributed by atoms with E-state index in [2.05, 4.69) is 5.32 Å². The van der Waals surface area contributed by atoms with Crippen LogP contribution in [0.1, 0.15) is 38.2 Å². The number of rotatable bonds is 9. The second kappa shape index (κ2) is 11.4. The summed E-state index contributed by atoms with van der Waals surface area (Å²) in [5.74, 6) is 0.404. The molecule has 2 aromatic rings. The number of para-hydroxylation sites is 2. The smallest absolute Gasteiger partial charge is 0.261 e. The van der Waals surface area contributed by atoms with Gasteiger partial charge in [0.05, 0.1) is 7.11 Å². The summed E-state index contributed by atoms with van der Waals surface area (Å²) >= 11 is 12.7. The summed E-state index contributed by atoms with van der Waals surface area (Å²) < 4.78 is 11.0. The molecule has 3 rings (SSSR count). The van der Waals surface area contributed by atoms with E-state index in [9.17, 15) is 9.59 Å². The van der Waals surface area contributed by atoms with Crippen LogP contribution in [0.5, 0.6) is 11.5 Å². The fourth-order valence-corrected chi connectivity index (χ4v) is 4.31. The third-order valence-corrected chi connectivity index (χ3v) is 6.39. The number of carbonyl (C=O) groups excluding carboxylic acids is 2. The second-order valence-corrected chi connectivity index (χ2v) is 8.64. The maximum Gasteiger partial charge on any atom is 0.261 e. The van der Waals surface area contributed by atoms with Crippen molar-refractivity contribution in [3.63, 3.8) is 0 Å². The molecule has 0 heterocycles. The molecule has 6 nitrogen and oxygen atoms in total. The Hall–Kier alpha value is -2.44. The predicted molar refractivity (Wildman–Crippen MR) is 125 cm³/mol. The number of hydrogen-bond acceptors (Lipinski definition) is 4. The Morgan fingerprint density at radius 3 is 2.31 bits per heavy atom. The van der Waals surface area contributed by atoms with E-state index in [0.717, 1.165) is 25.7 Å². The standard InChI is InChI=1S/C24H28Cl2N2O4/c1-16(24(30)27-17-8-3-4-9-17)28(14-18-19(25)10-7-11-20(18)26)23(29)15-32-22-13-6-5-12-21(22)31-2/h5-7,10-13,16-17H,3-4,8-9,14-15H2,1-2H3,(H,27,30)/t16-/m0/s1. The molecule has 32 heavy (non-hydrogen) atoms. The third kappa shape index (κ3) is 6.08. The van der Waals surface area contributed by atoms with Gasteiger partial charge in [0.1, 0.15) is 6.04 Å². The Morgan fingerprint density at radius 2 is 1.69 bits per heavy atom. The Bertz CT molecular complexity index is 927. The molecule has 1 fully saturated rings. The van der Waals surface area contributed by atoms with Gasteiger partial charge in [-0.1, -0.05) is 54.2 Å². The van der Waals surface area contributed by atoms with E-state index in [4.69, 9.17) is 32.7 Å². The van der Waals surface area contributed by atoms with E-state index in [1.807, 2.05) is 6.07 Å². The van der Waals surface area contributed by atoms with Crippen molar-refractivity contribution in [2.24, 2.45) is 0 Å². The van der Waals surface area contributed by atoms with Gasteiger partial charge in [-0.2, -0.15) is 0 Å². The molecule has 0 bridgehead atoms. The molecule has 1 aliphatic rings. The van der Waals surface area contributed by atoms with Crippen LogP contribution < -0.4 is 14.8 Å². The molecule has 0 saturated heterocycles. The highest BCUT2D eigenvalue weighted by Crippen LogP contribution is 2.28. The number of amides is 2. The SMILES string of the molecule is COc1ccccc1OCC(=O)N(Cc1c(Cl)cccc1Cl)[C@@H](C)C(=O)NC1CCCC1. The summed E-state index contributed by atoms with van der Waals surface area (Å²) in [7, 11) is 1.53. The average Bonchev–Trinajstić information content (AvgIpc) is 3.30. The minimum absolute atomic E-state index is 0.0892. The average molecular weight is 479 g/mol. The molecule has 0 spiro atoms. The summed E-state index contributed by atoms with van der Waals surface area (Å²) in [6, 6.07) is 11.7. The molecular weight excluding hydrogens is 451 g/mol. The van der Waals surface area contributed by atoms with Crippen molar-refractivity contribution in [2.75, 3.05) is 13.7 Å². The topological polar surface area (TPSA) is 67.9 Å². The molecule has 1 N–H and O–H groups in total. The summed E-state index contributed by atoms with van der Waals surface area (Å²) in [5, 5.41) is 3.93. The molecule has 1 atom stereocenters. The highest BCUT2D eigenvalue weighted by atomic mass is 35.5. The highest BCUT2D eigenvalue weighted by molar-refractivity contribution is 6.36. The number of hydrogen-bond donors (Lipinski definition) is 1. The van der Waals surface area contributed by atoms with Crippen molar-refractivity contribution < 1.29 is 19.1 Å². The van der Waals surface area contributed by atoms with Gasteiger partial charge >= 0.3 is 0 Å². The van der Waals surface area contributed by atoms with Crippen LogP contribution in [-0.2, 0) is 16.1 Å². The Kier molecular flexibility index (Phi) is 8.65. The fourth-order valence-electron chi connectivity index (χ4n) is 3.79. The van der Waals surface area contributed by atoms with Crippen LogP contribution in [0.2, 0.25) is 10.0 Å². The van der Waals surface area contributed by atoms with Gasteiger partial charge < -0.3 is 19.7 Å². The molecule has 0 aliphatic heterocycles. The molecule has 8 heteroatoms. The molecule has 1 saturated carbocycles. The van der Waals surface area contributed by atoms with Crippen LogP contribution in [0.15, 0.2) is 42.5 Å². The minimum atomic E-state index is -0.725. The maximum absolute atomic E-state index is 13.2. The van der Waals surface area contributed by atoms with Crippen LogP contribution in [0.4, 0.5) is 0 Å². The number of nitrogens with zero attached hydrogens (tertiary/aromatic N) is 1. The first-order valence-corrected chi connectivity index (χ1v) is 11.4. The number of carbonyl (C=O) groups is 2. The zero-order valence-electron chi connectivity index (χ0n) is 18.3. The van der Waals surface area contributed by atoms with Gasteiger partial charge in [-0.05, 0) is 44.0 Å². The van der Waals surface area contributed by atoms with Gasteiger partial charge in [0, 0.05) is 28.2 Å². The van der Waals surface area contributed by atoms with Crippen molar-refractivity contribution in [3.8, 4) is 11.5 Å². The van der Waals surface area contributed by atoms with Gasteiger partial charge in [-0.3, -0.25) is 9.59 Å². The quantitative estimate of drug-likeness (QED) is 0.558. The fraction of sp³-hybridized carbons (Fsp3) is 0.417. The van der Waals surface area contributed by atoms with Crippen molar-refractivity contribution in [1.29, 1.82) is 0 Å². The first kappa shape index (κ1) is 24.2. The van der Waals surface area contributed by atoms with Crippen molar-refractivity contribution in [1.82, 2.24) is 10.2 Å². The molecular formula is C24H28Cl2N2O4. The minimum Gasteiger partial charge on any atom is -0.493 e. The lowest BCUT2D eigenvalue weighted by atomic mass is 10.1. The first-order valence-electron chi connectivity index (χ1n) is 10.7. The van der Waals surface area contributed by atoms with E-state index >= 15 is 0 Å². The number of ether oxygens (including phenoxy) is 2. The summed E-state index contributed by atoms with van der Waals surface area (Å²) in [4.78, 5) is 27.6. The second-order valence-electron chi connectivity index (χ2n) is 7.83. The summed E-state index contributed by atoms with van der Waals surface area (Å²) in [5.41, 5.74) is 0.585. The lowest BCUT2D eigenvalue weighted by Crippen LogP contribution is -2.50. The molecule has 0 aromatic heterocycles. The largest absolute Gasteiger partial charge is 0.493 e. The van der Waals surface area contributed by atoms with Gasteiger partial charge in [-0.15, -0.1) is 0 Å². The van der Waals surface area contributed by atoms with Crippen molar-refractivity contribution in [3.05, 3.63) is 58.1 Å². The summed E-state index contributed by atoms with van der Waals surface area (Å²) in [6.45, 7) is 1.53. The Labute approximate surface area is 198 Å². The van der Waals surface area contributed by atoms with Gasteiger partial charge in [-0.25, -0.2) is 0 Å². The predicted octanol–water partition coefficient (Wildman–Crippen LogP) is 4.86. The van der Waals surface area contributed by atoms with Crippen LogP contribution >= 0.6 is 23.2 Å². The molecule has 172 valence electrons. The maximum atomic E-state index is 13.2. The van der Waals surface area contributed by atoms with Gasteiger partial charge in [0.15, 0.2) is 18.1 Å². The van der Waals surface area contributed by atoms with E-state index in [-0.39, 0.29) is 31.0 Å². The van der Waals surface area contributed by atoms with Crippen LogP contribution in [0.3, 0.4) is 0 Å². The van der Waals surface area contributed by atoms with Crippen molar-refractivity contribution in [2.45, 2.75) is 51.2 Å². The molecule has 0 radical (unpaired) electrons. The Balaban J connectivity index is 1.78. The number of benzene rings is 2. The molecule has 2 aromatic carbocycles. The van der Waals surface area contributed by atoms with E-state index in [0.29, 0.717) is 27.1 Å². The van der Waals surface area contributed by atoms with Crippen LogP contribution in [-0.4, -0.2) is 42.5 Å². The lowest BCUT2D eigenvalue weighted by Gasteiger charge is -2.30. The molecule has 2 amide bonds. The van der Waals surface area contributed by atoms with Crippen LogP contribution in [0.25, 0.3) is 0 Å². The summed E-state index contributed by atoms with van der Waals surface area (Å²) in [6.07, 6.45) is 4.12. The van der Waals surface area contributed by atoms with Gasteiger partial charge in [0.25, 0.3) is 5.91 Å². The van der Waals surface area contributed by atoms with E-state index < -0.39 is 6.04 Å². The molecule has 1 aliphatic carbocycles. The van der Waals surface area contributed by atoms with E-state index in [1.165, 1.54) is 12.0 Å². The Morgan fingerprint density at radius 1 is 1.06 bits per heavy atom. The number of methoxy groups -OCH3 is 1. The third-order valence-electron chi connectivity index (χ3n) is 5.68. The number of nitrogens with one attached hydrogen (secondary N) is 1.